The average Bonchev–Trinajstić information content (AvgIpc) is 2.74. The zero-order valence-electron chi connectivity index (χ0n) is 20.6. The predicted molar refractivity (Wildman–Crippen MR) is 132 cm³/mol. The number of methoxy groups -OCH3 is 2. The molecule has 0 bridgehead atoms. The van der Waals surface area contributed by atoms with Crippen LogP contribution in [0.15, 0.2) is 12.7 Å². The van der Waals surface area contributed by atoms with Gasteiger partial charge < -0.3 is 18.3 Å². The third kappa shape index (κ3) is 21.0. The second-order valence-corrected chi connectivity index (χ2v) is 11.9. The Morgan fingerprint density at radius 3 is 1.30 bits per heavy atom. The van der Waals surface area contributed by atoms with Crippen LogP contribution in [0.4, 0.5) is 0 Å². The Labute approximate surface area is 189 Å². The molecule has 0 aliphatic heterocycles. The molecule has 0 radical (unpaired) electrons. The zero-order valence-corrected chi connectivity index (χ0v) is 21.6. The standard InChI is InChI=1S/C25H52O4Si/c1-5-6-7-8-9-10-11-12-13-14-15-16-17-18-19-20-25-30(4,28-23-21-26-2)29-24-22-27-3/h5H,1,6-25H2,2-4H3. The minimum Gasteiger partial charge on any atom is -0.392 e. The summed E-state index contributed by atoms with van der Waals surface area (Å²) in [4.78, 5) is 0. The molecule has 5 heteroatoms. The van der Waals surface area contributed by atoms with E-state index in [-0.39, 0.29) is 0 Å². The fourth-order valence-corrected chi connectivity index (χ4v) is 6.02. The highest BCUT2D eigenvalue weighted by molar-refractivity contribution is 6.66. The van der Waals surface area contributed by atoms with Crippen LogP contribution < -0.4 is 0 Å². The van der Waals surface area contributed by atoms with Gasteiger partial charge in [-0.1, -0.05) is 89.5 Å². The van der Waals surface area contributed by atoms with Gasteiger partial charge in [0.05, 0.1) is 26.4 Å². The van der Waals surface area contributed by atoms with Crippen molar-refractivity contribution in [1.82, 2.24) is 0 Å². The van der Waals surface area contributed by atoms with Crippen molar-refractivity contribution in [1.29, 1.82) is 0 Å². The lowest BCUT2D eigenvalue weighted by atomic mass is 10.0. The van der Waals surface area contributed by atoms with E-state index in [0.29, 0.717) is 26.4 Å². The molecule has 0 aliphatic rings. The smallest absolute Gasteiger partial charge is 0.335 e. The van der Waals surface area contributed by atoms with E-state index in [0.717, 1.165) is 6.04 Å². The van der Waals surface area contributed by atoms with Crippen LogP contribution in [0, 0.1) is 0 Å². The average molecular weight is 445 g/mol. The number of ether oxygens (including phenoxy) is 2. The van der Waals surface area contributed by atoms with Gasteiger partial charge in [0.25, 0.3) is 0 Å². The Morgan fingerprint density at radius 2 is 0.933 bits per heavy atom. The summed E-state index contributed by atoms with van der Waals surface area (Å²) in [5, 5.41) is 0. The topological polar surface area (TPSA) is 36.9 Å². The summed E-state index contributed by atoms with van der Waals surface area (Å²) in [5.74, 6) is 0. The molecule has 0 aliphatic carbocycles. The number of rotatable bonds is 25. The molecule has 0 aromatic rings. The Bertz CT molecular complexity index is 342. The van der Waals surface area contributed by atoms with E-state index in [9.17, 15) is 0 Å². The molecule has 0 unspecified atom stereocenters. The first-order valence-corrected chi connectivity index (χ1v) is 15.1. The van der Waals surface area contributed by atoms with Crippen molar-refractivity contribution in [3.05, 3.63) is 12.7 Å². The number of hydrogen-bond acceptors (Lipinski definition) is 4. The molecule has 0 fully saturated rings. The van der Waals surface area contributed by atoms with E-state index in [1.807, 2.05) is 6.08 Å². The van der Waals surface area contributed by atoms with Crippen LogP contribution >= 0.6 is 0 Å². The van der Waals surface area contributed by atoms with Crippen LogP contribution in [-0.2, 0) is 18.3 Å². The molecule has 0 N–H and O–H groups in total. The van der Waals surface area contributed by atoms with Crippen LogP contribution in [-0.4, -0.2) is 49.2 Å². The summed E-state index contributed by atoms with van der Waals surface area (Å²) in [7, 11) is 1.32. The summed E-state index contributed by atoms with van der Waals surface area (Å²) < 4.78 is 22.4. The number of allylic oxidation sites excluding steroid dienone is 1. The van der Waals surface area contributed by atoms with E-state index in [1.165, 1.54) is 96.3 Å². The first kappa shape index (κ1) is 29.8. The number of unbranched alkanes of at least 4 members (excludes halogenated alkanes) is 14. The molecule has 0 saturated carbocycles. The van der Waals surface area contributed by atoms with Crippen molar-refractivity contribution >= 4 is 8.56 Å². The lowest BCUT2D eigenvalue weighted by Crippen LogP contribution is -2.40. The quantitative estimate of drug-likeness (QED) is 0.0833. The Balaban J connectivity index is 3.52. The van der Waals surface area contributed by atoms with Gasteiger partial charge in [0, 0.05) is 14.2 Å². The molecule has 0 aromatic heterocycles. The SMILES string of the molecule is C=CCCCCCCCCCCCCCCCC[Si](C)(OCCOC)OCCOC. The monoisotopic (exact) mass is 444 g/mol. The Kier molecular flexibility index (Phi) is 23.3. The van der Waals surface area contributed by atoms with E-state index in [4.69, 9.17) is 18.3 Å². The molecule has 180 valence electrons. The zero-order chi connectivity index (χ0) is 22.2. The van der Waals surface area contributed by atoms with Crippen LogP contribution in [0.25, 0.3) is 0 Å². The third-order valence-corrected chi connectivity index (χ3v) is 8.57. The predicted octanol–water partition coefficient (Wildman–Crippen LogP) is 7.42. The third-order valence-electron chi connectivity index (χ3n) is 5.68. The first-order chi connectivity index (χ1) is 14.7. The second-order valence-electron chi connectivity index (χ2n) is 8.59. The van der Waals surface area contributed by atoms with Gasteiger partial charge in [0.2, 0.25) is 0 Å². The van der Waals surface area contributed by atoms with Crippen molar-refractivity contribution in [2.24, 2.45) is 0 Å². The van der Waals surface area contributed by atoms with Crippen LogP contribution in [0.2, 0.25) is 12.6 Å². The summed E-state index contributed by atoms with van der Waals surface area (Å²) in [6.45, 7) is 8.48. The highest BCUT2D eigenvalue weighted by Gasteiger charge is 2.30. The fraction of sp³-hybridized carbons (Fsp3) is 0.920. The maximum Gasteiger partial charge on any atom is 0.335 e. The molecular weight excluding hydrogens is 392 g/mol. The summed E-state index contributed by atoms with van der Waals surface area (Å²) >= 11 is 0. The molecule has 0 saturated heterocycles. The van der Waals surface area contributed by atoms with Crippen LogP contribution in [0.3, 0.4) is 0 Å². The van der Waals surface area contributed by atoms with E-state index in [1.54, 1.807) is 14.2 Å². The Hall–Kier alpha value is -0.203. The van der Waals surface area contributed by atoms with Gasteiger partial charge in [-0.25, -0.2) is 0 Å². The fourth-order valence-electron chi connectivity index (χ4n) is 3.72. The highest BCUT2D eigenvalue weighted by atomic mass is 28.4. The van der Waals surface area contributed by atoms with Gasteiger partial charge in [-0.05, 0) is 25.4 Å². The maximum atomic E-state index is 6.07. The molecule has 4 nitrogen and oxygen atoms in total. The molecule has 30 heavy (non-hydrogen) atoms. The molecule has 0 amide bonds. The summed E-state index contributed by atoms with van der Waals surface area (Å²) in [6, 6.07) is 1.06. The number of hydrogen-bond donors (Lipinski definition) is 0. The van der Waals surface area contributed by atoms with Gasteiger partial charge in [-0.3, -0.25) is 0 Å². The van der Waals surface area contributed by atoms with Gasteiger partial charge in [-0.2, -0.15) is 0 Å². The van der Waals surface area contributed by atoms with Gasteiger partial charge in [0.15, 0.2) is 0 Å². The van der Waals surface area contributed by atoms with E-state index in [2.05, 4.69) is 13.1 Å². The van der Waals surface area contributed by atoms with Crippen LogP contribution in [0.1, 0.15) is 96.3 Å². The van der Waals surface area contributed by atoms with Crippen molar-refractivity contribution in [3.8, 4) is 0 Å². The van der Waals surface area contributed by atoms with Crippen molar-refractivity contribution < 1.29 is 18.3 Å². The lowest BCUT2D eigenvalue weighted by Gasteiger charge is -2.27. The molecular formula is C25H52O4Si. The molecule has 0 heterocycles. The van der Waals surface area contributed by atoms with E-state index >= 15 is 0 Å². The van der Waals surface area contributed by atoms with Crippen molar-refractivity contribution in [2.45, 2.75) is 109 Å². The Morgan fingerprint density at radius 1 is 0.567 bits per heavy atom. The second kappa shape index (κ2) is 23.5. The van der Waals surface area contributed by atoms with E-state index < -0.39 is 8.56 Å². The molecule has 0 aromatic carbocycles. The minimum absolute atomic E-state index is 0.627. The highest BCUT2D eigenvalue weighted by Crippen LogP contribution is 2.19. The first-order valence-electron chi connectivity index (χ1n) is 12.5. The molecule has 0 spiro atoms. The van der Waals surface area contributed by atoms with Crippen molar-refractivity contribution in [2.75, 3.05) is 40.6 Å². The normalized spacial score (nSPS) is 11.8. The summed E-state index contributed by atoms with van der Waals surface area (Å²) in [6.07, 6.45) is 22.5. The molecule has 0 atom stereocenters. The largest absolute Gasteiger partial charge is 0.392 e. The van der Waals surface area contributed by atoms with Gasteiger partial charge in [0.1, 0.15) is 0 Å². The lowest BCUT2D eigenvalue weighted by molar-refractivity contribution is 0.0882. The van der Waals surface area contributed by atoms with Crippen molar-refractivity contribution in [3.63, 3.8) is 0 Å². The van der Waals surface area contributed by atoms with Gasteiger partial charge >= 0.3 is 8.56 Å². The van der Waals surface area contributed by atoms with Crippen LogP contribution in [0.5, 0.6) is 0 Å². The van der Waals surface area contributed by atoms with Gasteiger partial charge in [-0.15, -0.1) is 6.58 Å². The summed E-state index contributed by atoms with van der Waals surface area (Å²) in [5.41, 5.74) is 0. The molecule has 0 rings (SSSR count). The minimum atomic E-state index is -2.10. The maximum absolute atomic E-state index is 6.07.